The zero-order valence-corrected chi connectivity index (χ0v) is 24.4. The van der Waals surface area contributed by atoms with Crippen molar-refractivity contribution in [3.63, 3.8) is 0 Å². The van der Waals surface area contributed by atoms with Crippen LogP contribution in [0.3, 0.4) is 0 Å². The molecule has 0 nitrogen and oxygen atoms in total. The first-order valence-electron chi connectivity index (χ1n) is 13.5. The van der Waals surface area contributed by atoms with Gasteiger partial charge in [0.2, 0.25) is 0 Å². The quantitative estimate of drug-likeness (QED) is 0.215. The van der Waals surface area contributed by atoms with E-state index < -0.39 is 0 Å². The molecule has 0 amide bonds. The van der Waals surface area contributed by atoms with Gasteiger partial charge in [0.1, 0.15) is 0 Å². The van der Waals surface area contributed by atoms with Gasteiger partial charge in [-0.2, -0.15) is 0 Å². The van der Waals surface area contributed by atoms with Crippen molar-refractivity contribution < 1.29 is 0 Å². The number of halogens is 1. The SMILES string of the molecule is CCc1ccc(C(CC(CC(CC)c2ccc(C)cc2)c2ccc(CBr)cc2)CC(C)(C)C)cc1. The molecule has 3 atom stereocenters. The summed E-state index contributed by atoms with van der Waals surface area (Å²) >= 11 is 3.62. The van der Waals surface area contributed by atoms with Crippen LogP contribution in [0.1, 0.15) is 111 Å². The van der Waals surface area contributed by atoms with Gasteiger partial charge in [-0.25, -0.2) is 0 Å². The fraction of sp³-hybridized carbons (Fsp3) is 0.471. The molecule has 0 aromatic heterocycles. The monoisotopic (exact) mass is 532 g/mol. The molecular formula is C34H45Br. The molecule has 0 spiro atoms. The molecule has 0 radical (unpaired) electrons. The molecule has 0 fully saturated rings. The van der Waals surface area contributed by atoms with Gasteiger partial charge in [0, 0.05) is 5.33 Å². The van der Waals surface area contributed by atoms with E-state index in [4.69, 9.17) is 0 Å². The van der Waals surface area contributed by atoms with E-state index in [1.54, 1.807) is 0 Å². The van der Waals surface area contributed by atoms with Crippen LogP contribution in [0.15, 0.2) is 72.8 Å². The lowest BCUT2D eigenvalue weighted by atomic mass is 9.73. The van der Waals surface area contributed by atoms with Gasteiger partial charge in [0.15, 0.2) is 0 Å². The molecule has 3 aromatic carbocycles. The summed E-state index contributed by atoms with van der Waals surface area (Å²) in [5.74, 6) is 1.66. The largest absolute Gasteiger partial charge is 0.0876 e. The van der Waals surface area contributed by atoms with Crippen molar-refractivity contribution in [1.29, 1.82) is 0 Å². The molecule has 3 rings (SSSR count). The molecule has 188 valence electrons. The summed E-state index contributed by atoms with van der Waals surface area (Å²) in [5.41, 5.74) is 8.88. The van der Waals surface area contributed by atoms with E-state index in [0.717, 1.165) is 11.8 Å². The number of hydrogen-bond acceptors (Lipinski definition) is 0. The van der Waals surface area contributed by atoms with Crippen LogP contribution in [0.25, 0.3) is 0 Å². The van der Waals surface area contributed by atoms with Crippen LogP contribution in [0.4, 0.5) is 0 Å². The third-order valence-corrected chi connectivity index (χ3v) is 8.15. The average molecular weight is 534 g/mol. The van der Waals surface area contributed by atoms with E-state index in [0.29, 0.717) is 23.2 Å². The second-order valence-corrected chi connectivity index (χ2v) is 12.2. The predicted molar refractivity (Wildman–Crippen MR) is 158 cm³/mol. The van der Waals surface area contributed by atoms with Gasteiger partial charge in [-0.3, -0.25) is 0 Å². The molecule has 1 heteroatoms. The minimum Gasteiger partial charge on any atom is -0.0876 e. The first-order valence-corrected chi connectivity index (χ1v) is 14.6. The van der Waals surface area contributed by atoms with E-state index in [1.165, 1.54) is 59.1 Å². The molecule has 3 aromatic rings. The molecule has 0 N–H and O–H groups in total. The Morgan fingerprint density at radius 1 is 0.629 bits per heavy atom. The number of rotatable bonds is 11. The highest BCUT2D eigenvalue weighted by molar-refractivity contribution is 9.08. The zero-order valence-electron chi connectivity index (χ0n) is 22.8. The smallest absolute Gasteiger partial charge is 0.0283 e. The van der Waals surface area contributed by atoms with Crippen LogP contribution in [0.2, 0.25) is 0 Å². The molecule has 0 bridgehead atoms. The van der Waals surface area contributed by atoms with Crippen molar-refractivity contribution in [3.8, 4) is 0 Å². The Bertz CT molecular complexity index is 1010. The molecular weight excluding hydrogens is 488 g/mol. The van der Waals surface area contributed by atoms with Gasteiger partial charge in [-0.1, -0.05) is 129 Å². The zero-order chi connectivity index (χ0) is 25.4. The van der Waals surface area contributed by atoms with Crippen LogP contribution in [-0.4, -0.2) is 0 Å². The standard InChI is InChI=1S/C34H45Br/c1-7-26-11-17-31(18-12-26)33(23-34(4,5)6)22-32(30-19-13-27(24-35)14-20-30)21-28(8-2)29-15-9-25(3)10-16-29/h9-20,28,32-33H,7-8,21-24H2,1-6H3. The molecule has 3 unspecified atom stereocenters. The number of hydrogen-bond donors (Lipinski definition) is 0. The summed E-state index contributed by atoms with van der Waals surface area (Å²) < 4.78 is 0. The summed E-state index contributed by atoms with van der Waals surface area (Å²) in [4.78, 5) is 0. The van der Waals surface area contributed by atoms with Gasteiger partial charge in [0.05, 0.1) is 0 Å². The van der Waals surface area contributed by atoms with Crippen LogP contribution in [-0.2, 0) is 11.8 Å². The van der Waals surface area contributed by atoms with E-state index in [1.807, 2.05) is 0 Å². The van der Waals surface area contributed by atoms with Gasteiger partial charge >= 0.3 is 0 Å². The highest BCUT2D eigenvalue weighted by Crippen LogP contribution is 2.42. The summed E-state index contributed by atoms with van der Waals surface area (Å²) in [6.45, 7) is 13.9. The molecule has 0 aliphatic rings. The summed E-state index contributed by atoms with van der Waals surface area (Å²) in [7, 11) is 0. The Labute approximate surface area is 223 Å². The minimum atomic E-state index is 0.291. The maximum absolute atomic E-state index is 3.62. The highest BCUT2D eigenvalue weighted by Gasteiger charge is 2.27. The second kappa shape index (κ2) is 12.9. The Morgan fingerprint density at radius 3 is 1.57 bits per heavy atom. The van der Waals surface area contributed by atoms with Gasteiger partial charge in [0.25, 0.3) is 0 Å². The average Bonchev–Trinajstić information content (AvgIpc) is 2.86. The lowest BCUT2D eigenvalue weighted by Crippen LogP contribution is -2.16. The van der Waals surface area contributed by atoms with E-state index >= 15 is 0 Å². The second-order valence-electron chi connectivity index (χ2n) is 11.6. The number of benzene rings is 3. The van der Waals surface area contributed by atoms with Crippen LogP contribution in [0, 0.1) is 12.3 Å². The van der Waals surface area contributed by atoms with Crippen molar-refractivity contribution in [2.24, 2.45) is 5.41 Å². The van der Waals surface area contributed by atoms with Gasteiger partial charge in [-0.05, 0) is 90.0 Å². The maximum Gasteiger partial charge on any atom is 0.0283 e. The third-order valence-electron chi connectivity index (χ3n) is 7.50. The number of alkyl halides is 1. The fourth-order valence-corrected chi connectivity index (χ4v) is 5.79. The maximum atomic E-state index is 3.62. The topological polar surface area (TPSA) is 0 Å². The fourth-order valence-electron chi connectivity index (χ4n) is 5.41. The molecule has 0 aliphatic carbocycles. The Morgan fingerprint density at radius 2 is 1.09 bits per heavy atom. The van der Waals surface area contributed by atoms with Crippen molar-refractivity contribution in [1.82, 2.24) is 0 Å². The van der Waals surface area contributed by atoms with Crippen LogP contribution in [0.5, 0.6) is 0 Å². The lowest BCUT2D eigenvalue weighted by molar-refractivity contribution is 0.314. The molecule has 0 saturated heterocycles. The van der Waals surface area contributed by atoms with Crippen molar-refractivity contribution in [2.45, 2.75) is 96.7 Å². The lowest BCUT2D eigenvalue weighted by Gasteiger charge is -2.32. The van der Waals surface area contributed by atoms with Crippen molar-refractivity contribution in [3.05, 3.63) is 106 Å². The third kappa shape index (κ3) is 8.35. The molecule has 35 heavy (non-hydrogen) atoms. The first kappa shape index (κ1) is 27.7. The Hall–Kier alpha value is -1.86. The predicted octanol–water partition coefficient (Wildman–Crippen LogP) is 10.7. The Kier molecular flexibility index (Phi) is 10.2. The Balaban J connectivity index is 1.96. The van der Waals surface area contributed by atoms with Crippen molar-refractivity contribution in [2.75, 3.05) is 0 Å². The normalized spacial score (nSPS) is 14.5. The summed E-state index contributed by atoms with van der Waals surface area (Å²) in [6, 6.07) is 28.1. The molecule has 0 saturated carbocycles. The number of aryl methyl sites for hydroxylation is 2. The molecule has 0 heterocycles. The van der Waals surface area contributed by atoms with E-state index in [-0.39, 0.29) is 0 Å². The van der Waals surface area contributed by atoms with Gasteiger partial charge < -0.3 is 0 Å². The molecule has 0 aliphatic heterocycles. The van der Waals surface area contributed by atoms with Gasteiger partial charge in [-0.15, -0.1) is 0 Å². The summed E-state index contributed by atoms with van der Waals surface area (Å²) in [5, 5.41) is 0.912. The first-order chi connectivity index (χ1) is 16.7. The van der Waals surface area contributed by atoms with E-state index in [9.17, 15) is 0 Å². The van der Waals surface area contributed by atoms with Crippen LogP contribution < -0.4 is 0 Å². The summed E-state index contributed by atoms with van der Waals surface area (Å²) in [6.07, 6.45) is 5.87. The van der Waals surface area contributed by atoms with Crippen molar-refractivity contribution >= 4 is 15.9 Å². The van der Waals surface area contributed by atoms with E-state index in [2.05, 4.69) is 130 Å². The minimum absolute atomic E-state index is 0.291. The van der Waals surface area contributed by atoms with Crippen LogP contribution >= 0.6 is 15.9 Å². The highest BCUT2D eigenvalue weighted by atomic mass is 79.9.